The molecule has 0 N–H and O–H groups in total. The third-order valence-corrected chi connectivity index (χ3v) is 23.6. The van der Waals surface area contributed by atoms with Crippen LogP contribution < -0.4 is 33.2 Å². The summed E-state index contributed by atoms with van der Waals surface area (Å²) in [6.45, 7) is 24.3. The molecular formula is C105H84F14O7. The van der Waals surface area contributed by atoms with Crippen molar-refractivity contribution in [2.24, 2.45) is 0 Å². The summed E-state index contributed by atoms with van der Waals surface area (Å²) in [7, 11) is 0. The molecule has 0 saturated heterocycles. The fourth-order valence-corrected chi connectivity index (χ4v) is 16.0. The van der Waals surface area contributed by atoms with Crippen molar-refractivity contribution in [2.75, 3.05) is 0 Å². The minimum atomic E-state index is -0.362. The first kappa shape index (κ1) is 87.6. The molecule has 7 aliphatic rings. The summed E-state index contributed by atoms with van der Waals surface area (Å²) in [5.41, 5.74) is 20.7. The summed E-state index contributed by atoms with van der Waals surface area (Å²) in [6, 6.07) is 49.0. The fraction of sp³-hybridized carbons (Fsp3) is 0.200. The Morgan fingerprint density at radius 1 is 0.127 bits per heavy atom. The lowest BCUT2D eigenvalue weighted by molar-refractivity contribution is 0.280. The Bertz CT molecular complexity index is 5260. The van der Waals surface area contributed by atoms with Crippen LogP contribution in [0, 0.1) is 178 Å². The van der Waals surface area contributed by atoms with E-state index in [2.05, 4.69) is 0 Å². The van der Waals surface area contributed by atoms with Gasteiger partial charge in [-0.2, -0.15) is 0 Å². The third kappa shape index (κ3) is 16.1. The summed E-state index contributed by atoms with van der Waals surface area (Å²) in [5.74, 6) is -2.79. The third-order valence-electron chi connectivity index (χ3n) is 23.6. The van der Waals surface area contributed by atoms with Gasteiger partial charge in [-0.25, -0.2) is 61.5 Å². The molecule has 0 spiro atoms. The molecule has 0 atom stereocenters. The van der Waals surface area contributed by atoms with E-state index in [9.17, 15) is 61.5 Å². The van der Waals surface area contributed by atoms with Crippen LogP contribution in [0.5, 0.6) is 40.2 Å². The number of hydrogen-bond acceptors (Lipinski definition) is 7. The highest BCUT2D eigenvalue weighted by atomic mass is 19.2. The molecule has 7 nitrogen and oxygen atoms in total. The number of halogens is 14. The second-order valence-corrected chi connectivity index (χ2v) is 32.1. The first-order valence-electron chi connectivity index (χ1n) is 40.6. The van der Waals surface area contributed by atoms with Gasteiger partial charge in [0.05, 0.1) is 0 Å². The highest BCUT2D eigenvalue weighted by Crippen LogP contribution is 2.50. The van der Waals surface area contributed by atoms with Gasteiger partial charge in [0.2, 0.25) is 0 Å². The van der Waals surface area contributed by atoms with Crippen LogP contribution in [0.1, 0.15) is 117 Å². The van der Waals surface area contributed by atoms with Crippen LogP contribution in [0.4, 0.5) is 61.5 Å². The van der Waals surface area contributed by atoms with E-state index in [4.69, 9.17) is 33.2 Å². The van der Waals surface area contributed by atoms with Gasteiger partial charge in [0.1, 0.15) is 87.0 Å². The summed E-state index contributed by atoms with van der Waals surface area (Å²) in [5, 5.41) is 0. The summed E-state index contributed by atoms with van der Waals surface area (Å²) in [6.07, 6.45) is 0. The monoisotopic (exact) mass is 1720 g/mol. The second-order valence-electron chi connectivity index (χ2n) is 32.1. The maximum absolute atomic E-state index is 14.0. The molecule has 0 saturated carbocycles. The predicted octanol–water partition coefficient (Wildman–Crippen LogP) is 29.0. The molecule has 0 unspecified atom stereocenters. The van der Waals surface area contributed by atoms with Crippen LogP contribution in [0.25, 0.3) is 77.9 Å². The number of aryl methyl sites for hydroxylation is 14. The maximum atomic E-state index is 14.0. The lowest BCUT2D eigenvalue weighted by atomic mass is 9.94. The van der Waals surface area contributed by atoms with Gasteiger partial charge < -0.3 is 33.2 Å². The molecule has 0 aromatic heterocycles. The van der Waals surface area contributed by atoms with Gasteiger partial charge >= 0.3 is 0 Å². The molecular weight excluding hydrogens is 1640 g/mol. The molecule has 21 rings (SSSR count). The van der Waals surface area contributed by atoms with E-state index in [-0.39, 0.29) is 168 Å². The molecule has 0 radical (unpaired) electrons. The Labute approximate surface area is 720 Å². The number of fused-ring (bicyclic) bond motifs is 21. The second kappa shape index (κ2) is 35.4. The van der Waals surface area contributed by atoms with E-state index in [0.29, 0.717) is 156 Å². The van der Waals surface area contributed by atoms with Crippen molar-refractivity contribution in [1.29, 1.82) is 0 Å². The topological polar surface area (TPSA) is 64.6 Å². The highest BCUT2D eigenvalue weighted by molar-refractivity contribution is 5.83. The van der Waals surface area contributed by atoms with Gasteiger partial charge in [0, 0.05) is 77.9 Å². The largest absolute Gasteiger partial charge is 0.485 e. The normalized spacial score (nSPS) is 12.7. The SMILES string of the molecule is Cc1ccc2c(c1F)COc1c-2ccc(C)c1F.Cc1ccc2c(c1F)COc1c-2ccc(C)c1F.Cc1ccc2c(c1F)COc1c-2ccc(C)c1F.Cc1ccc2c(c1F)COc1c-2ccc(C)c1F.Cc1ccc2c(c1F)COc1c-2ccc(C)c1F.Cc1ccc2c(c1F)COc1c-2ccc(C)c1F.Cc1ccc2c(c1F)COc1c-2ccc(C)c1F. The fourth-order valence-electron chi connectivity index (χ4n) is 16.0. The van der Waals surface area contributed by atoms with Crippen molar-refractivity contribution in [1.82, 2.24) is 0 Å². The van der Waals surface area contributed by atoms with Crippen molar-refractivity contribution in [2.45, 2.75) is 143 Å². The molecule has 0 bridgehead atoms. The van der Waals surface area contributed by atoms with E-state index in [0.717, 1.165) is 38.9 Å². The number of rotatable bonds is 0. The zero-order chi connectivity index (χ0) is 90.0. The molecule has 21 heteroatoms. The molecule has 126 heavy (non-hydrogen) atoms. The van der Waals surface area contributed by atoms with Gasteiger partial charge in [-0.15, -0.1) is 0 Å². The average molecular weight is 1720 g/mol. The molecule has 14 aromatic carbocycles. The van der Waals surface area contributed by atoms with Gasteiger partial charge in [0.15, 0.2) is 81.0 Å². The van der Waals surface area contributed by atoms with Crippen molar-refractivity contribution >= 4 is 0 Å². The molecule has 644 valence electrons. The van der Waals surface area contributed by atoms with Crippen molar-refractivity contribution < 1.29 is 94.6 Å². The number of ether oxygens (including phenoxy) is 7. The lowest BCUT2D eigenvalue weighted by Gasteiger charge is -2.22. The van der Waals surface area contributed by atoms with Crippen LogP contribution in [0.15, 0.2) is 170 Å². The van der Waals surface area contributed by atoms with Gasteiger partial charge in [-0.1, -0.05) is 170 Å². The minimum Gasteiger partial charge on any atom is -0.485 e. The quantitative estimate of drug-likeness (QED) is 0.140. The Balaban J connectivity index is 0.000000113. The van der Waals surface area contributed by atoms with E-state index >= 15 is 0 Å². The van der Waals surface area contributed by atoms with E-state index in [1.165, 1.54) is 0 Å². The van der Waals surface area contributed by atoms with Crippen LogP contribution >= 0.6 is 0 Å². The van der Waals surface area contributed by atoms with Crippen LogP contribution in [-0.4, -0.2) is 0 Å². The standard InChI is InChI=1S/7C15H12F2O/c7*1-8-3-5-10-11-6-4-9(2)14(17)15(11)18-7-12(10)13(8)16/h7*3-6H,7H2,1-2H3. The molecule has 0 fully saturated rings. The maximum Gasteiger partial charge on any atom is 0.168 e. The van der Waals surface area contributed by atoms with Gasteiger partial charge in [-0.3, -0.25) is 0 Å². The van der Waals surface area contributed by atoms with E-state index in [1.54, 1.807) is 224 Å². The Morgan fingerprint density at radius 3 is 0.317 bits per heavy atom. The summed E-state index contributed by atoms with van der Waals surface area (Å²) in [4.78, 5) is 0. The summed E-state index contributed by atoms with van der Waals surface area (Å²) >= 11 is 0. The van der Waals surface area contributed by atoms with Crippen LogP contribution in [-0.2, 0) is 46.2 Å². The highest BCUT2D eigenvalue weighted by Gasteiger charge is 2.33. The summed E-state index contributed by atoms with van der Waals surface area (Å²) < 4.78 is 233. The zero-order valence-corrected chi connectivity index (χ0v) is 71.3. The first-order valence-corrected chi connectivity index (χ1v) is 40.6. The van der Waals surface area contributed by atoms with E-state index < -0.39 is 0 Å². The lowest BCUT2D eigenvalue weighted by Crippen LogP contribution is -2.10. The predicted molar refractivity (Wildman–Crippen MR) is 459 cm³/mol. The molecule has 7 heterocycles. The zero-order valence-electron chi connectivity index (χ0n) is 71.3. The Hall–Kier alpha value is -13.3. The van der Waals surface area contributed by atoms with Crippen molar-refractivity contribution in [3.63, 3.8) is 0 Å². The Kier molecular flexibility index (Phi) is 24.6. The minimum absolute atomic E-state index is 0.0796. The van der Waals surface area contributed by atoms with E-state index in [1.807, 2.05) is 42.5 Å². The van der Waals surface area contributed by atoms with Crippen LogP contribution in [0.2, 0.25) is 0 Å². The molecule has 0 amide bonds. The number of benzene rings is 14. The number of hydrogen-bond donors (Lipinski definition) is 0. The molecule has 0 aliphatic carbocycles. The Morgan fingerprint density at radius 2 is 0.214 bits per heavy atom. The molecule has 14 aromatic rings. The van der Waals surface area contributed by atoms with Crippen molar-refractivity contribution in [3.8, 4) is 118 Å². The smallest absolute Gasteiger partial charge is 0.168 e. The van der Waals surface area contributed by atoms with Crippen LogP contribution in [0.3, 0.4) is 0 Å². The van der Waals surface area contributed by atoms with Crippen molar-refractivity contribution in [3.05, 3.63) is 368 Å². The average Bonchev–Trinajstić information content (AvgIpc) is 0.799. The van der Waals surface area contributed by atoms with Gasteiger partial charge in [0.25, 0.3) is 0 Å². The molecule has 7 aliphatic heterocycles. The first-order chi connectivity index (χ1) is 60.1. The van der Waals surface area contributed by atoms with Gasteiger partial charge in [-0.05, 0) is 214 Å².